The van der Waals surface area contributed by atoms with Gasteiger partial charge in [0, 0.05) is 34.5 Å². The van der Waals surface area contributed by atoms with Crippen LogP contribution in [0.3, 0.4) is 0 Å². The first-order chi connectivity index (χ1) is 18.1. The van der Waals surface area contributed by atoms with Gasteiger partial charge in [-0.05, 0) is 51.1 Å². The van der Waals surface area contributed by atoms with Crippen molar-refractivity contribution < 1.29 is 37.5 Å². The lowest BCUT2D eigenvalue weighted by Crippen LogP contribution is -2.49. The van der Waals surface area contributed by atoms with Gasteiger partial charge in [0.2, 0.25) is 6.41 Å². The number of fused-ring (bicyclic) bond motifs is 2. The Bertz CT molecular complexity index is 1220. The lowest BCUT2D eigenvalue weighted by Gasteiger charge is -2.38. The van der Waals surface area contributed by atoms with Crippen molar-refractivity contribution in [1.82, 2.24) is 10.2 Å². The molecule has 202 valence electrons. The zero-order valence-electron chi connectivity index (χ0n) is 20.5. The molecule has 2 aromatic carbocycles. The van der Waals surface area contributed by atoms with E-state index in [4.69, 9.17) is 9.90 Å². The molecule has 5 rings (SSSR count). The van der Waals surface area contributed by atoms with Gasteiger partial charge in [-0.1, -0.05) is 36.4 Å². The number of hydrogen-bond acceptors (Lipinski definition) is 6. The predicted molar refractivity (Wildman–Crippen MR) is 132 cm³/mol. The summed E-state index contributed by atoms with van der Waals surface area (Å²) in [5, 5.41) is 14.1. The Balaban J connectivity index is 0.000000426. The zero-order chi connectivity index (χ0) is 27.4. The first-order valence-corrected chi connectivity index (χ1v) is 12.5. The number of hydrogen-bond donors (Lipinski definition) is 3. The van der Waals surface area contributed by atoms with Crippen molar-refractivity contribution in [3.8, 4) is 0 Å². The second kappa shape index (κ2) is 11.3. The van der Waals surface area contributed by atoms with Crippen LogP contribution in [0.5, 0.6) is 0 Å². The smallest absolute Gasteiger partial charge is 0.475 e. The number of halogens is 3. The molecule has 0 spiro atoms. The van der Waals surface area contributed by atoms with Crippen molar-refractivity contribution in [2.45, 2.75) is 63.0 Å². The van der Waals surface area contributed by atoms with Gasteiger partial charge in [-0.25, -0.2) is 4.79 Å². The van der Waals surface area contributed by atoms with E-state index in [1.165, 1.54) is 0 Å². The fraction of sp³-hybridized carbons (Fsp3) is 0.407. The third kappa shape index (κ3) is 5.72. The molecule has 0 radical (unpaired) electrons. The monoisotopic (exact) mass is 531 g/mol. The molecular formula is C27H28F3N3O5. The Morgan fingerprint density at radius 3 is 2.11 bits per heavy atom. The van der Waals surface area contributed by atoms with Crippen molar-refractivity contribution in [2.75, 3.05) is 11.9 Å². The van der Waals surface area contributed by atoms with E-state index in [1.54, 1.807) is 30.3 Å². The van der Waals surface area contributed by atoms with Crippen LogP contribution in [-0.4, -0.2) is 64.9 Å². The number of amides is 1. The minimum absolute atomic E-state index is 0.0942. The van der Waals surface area contributed by atoms with E-state index in [9.17, 15) is 27.6 Å². The minimum Gasteiger partial charge on any atom is -0.475 e. The average Bonchev–Trinajstić information content (AvgIpc) is 3.43. The Morgan fingerprint density at radius 1 is 0.947 bits per heavy atom. The van der Waals surface area contributed by atoms with E-state index in [0.29, 0.717) is 22.3 Å². The molecule has 1 heterocycles. The molecule has 1 saturated heterocycles. The molecule has 0 unspecified atom stereocenters. The summed E-state index contributed by atoms with van der Waals surface area (Å²) in [4.78, 5) is 48.7. The molecular weight excluding hydrogens is 503 g/mol. The van der Waals surface area contributed by atoms with E-state index in [1.807, 2.05) is 17.0 Å². The maximum Gasteiger partial charge on any atom is 0.490 e. The SMILES string of the molecule is O=C(O)C(F)(F)F.O=CN(C1CCC(Nc2cccc3c2C(=O)c2ccccc2C3=O)CC1)[C@H]1CCCN1. The highest BCUT2D eigenvalue weighted by Crippen LogP contribution is 2.34. The Morgan fingerprint density at radius 2 is 1.55 bits per heavy atom. The summed E-state index contributed by atoms with van der Waals surface area (Å²) < 4.78 is 31.7. The number of carbonyl (C=O) groups is 4. The molecule has 1 saturated carbocycles. The number of nitrogens with one attached hydrogen (secondary N) is 2. The molecule has 1 amide bonds. The second-order valence-electron chi connectivity index (χ2n) is 9.55. The van der Waals surface area contributed by atoms with Crippen molar-refractivity contribution in [3.05, 3.63) is 64.7 Å². The molecule has 11 heteroatoms. The fourth-order valence-corrected chi connectivity index (χ4v) is 5.34. The average molecular weight is 532 g/mol. The maximum atomic E-state index is 13.2. The number of carbonyl (C=O) groups excluding carboxylic acids is 3. The molecule has 0 bridgehead atoms. The first kappa shape index (κ1) is 27.3. The van der Waals surface area contributed by atoms with E-state index in [2.05, 4.69) is 10.6 Å². The number of benzene rings is 2. The highest BCUT2D eigenvalue weighted by molar-refractivity contribution is 6.30. The number of ketones is 2. The van der Waals surface area contributed by atoms with Crippen molar-refractivity contribution in [1.29, 1.82) is 0 Å². The summed E-state index contributed by atoms with van der Waals surface area (Å²) in [5.41, 5.74) is 2.65. The number of rotatable bonds is 5. The Kier molecular flexibility index (Phi) is 8.15. The summed E-state index contributed by atoms with van der Waals surface area (Å²) in [6, 6.07) is 13.0. The van der Waals surface area contributed by atoms with Gasteiger partial charge in [0.1, 0.15) is 0 Å². The minimum atomic E-state index is -5.08. The lowest BCUT2D eigenvalue weighted by molar-refractivity contribution is -0.192. The highest BCUT2D eigenvalue weighted by atomic mass is 19.4. The Labute approximate surface area is 217 Å². The first-order valence-electron chi connectivity index (χ1n) is 12.5. The van der Waals surface area contributed by atoms with Crippen LogP contribution < -0.4 is 10.6 Å². The summed E-state index contributed by atoms with van der Waals surface area (Å²) >= 11 is 0. The van der Waals surface area contributed by atoms with Crippen LogP contribution in [0.15, 0.2) is 42.5 Å². The van der Waals surface area contributed by atoms with Gasteiger partial charge in [0.05, 0.1) is 11.7 Å². The van der Waals surface area contributed by atoms with Crippen LogP contribution in [0.25, 0.3) is 0 Å². The highest BCUT2D eigenvalue weighted by Gasteiger charge is 2.38. The summed E-state index contributed by atoms with van der Waals surface area (Å²) in [6.07, 6.45) is 1.91. The van der Waals surface area contributed by atoms with Gasteiger partial charge in [0.15, 0.2) is 11.6 Å². The molecule has 2 aliphatic carbocycles. The Hall–Kier alpha value is -3.73. The third-order valence-corrected chi connectivity index (χ3v) is 7.19. The topological polar surface area (TPSA) is 116 Å². The van der Waals surface area contributed by atoms with Gasteiger partial charge in [-0.2, -0.15) is 13.2 Å². The lowest BCUT2D eigenvalue weighted by atomic mass is 9.83. The van der Waals surface area contributed by atoms with Crippen LogP contribution in [0.1, 0.15) is 70.4 Å². The molecule has 8 nitrogen and oxygen atoms in total. The van der Waals surface area contributed by atoms with Crippen molar-refractivity contribution in [2.24, 2.45) is 0 Å². The molecule has 1 atom stereocenters. The number of alkyl halides is 3. The van der Waals surface area contributed by atoms with Gasteiger partial charge < -0.3 is 15.3 Å². The zero-order valence-corrected chi connectivity index (χ0v) is 20.5. The van der Waals surface area contributed by atoms with Gasteiger partial charge in [-0.15, -0.1) is 0 Å². The van der Waals surface area contributed by atoms with Crippen LogP contribution in [0.4, 0.5) is 18.9 Å². The van der Waals surface area contributed by atoms with Crippen molar-refractivity contribution in [3.63, 3.8) is 0 Å². The van der Waals surface area contributed by atoms with Crippen LogP contribution in [0.2, 0.25) is 0 Å². The molecule has 0 aromatic heterocycles. The number of anilines is 1. The predicted octanol–water partition coefficient (Wildman–Crippen LogP) is 3.99. The van der Waals surface area contributed by atoms with E-state index >= 15 is 0 Å². The quantitative estimate of drug-likeness (QED) is 0.427. The summed E-state index contributed by atoms with van der Waals surface area (Å²) in [5.74, 6) is -2.95. The van der Waals surface area contributed by atoms with Crippen molar-refractivity contribution >= 4 is 29.6 Å². The van der Waals surface area contributed by atoms with Crippen LogP contribution >= 0.6 is 0 Å². The van der Waals surface area contributed by atoms with Crippen LogP contribution in [0, 0.1) is 0 Å². The standard InChI is InChI=1S/C25H27N3O3.C2HF3O2/c29-15-28(22-9-4-14-26-22)17-12-10-16(11-13-17)27-21-8-3-7-20-23(21)25(31)19-6-2-1-5-18(19)24(20)30;3-2(4,5)1(6)7/h1-3,5-8,15-17,22,26-27H,4,9-14H2;(H,6,7)/t16?,17?,22-;/m0./s1. The number of carboxylic acids is 1. The van der Waals surface area contributed by atoms with Gasteiger partial charge in [0.25, 0.3) is 0 Å². The second-order valence-corrected chi connectivity index (χ2v) is 9.55. The normalized spacial score (nSPS) is 22.4. The molecule has 1 aliphatic heterocycles. The van der Waals surface area contributed by atoms with E-state index in [-0.39, 0.29) is 29.8 Å². The molecule has 3 aliphatic rings. The maximum absolute atomic E-state index is 13.2. The van der Waals surface area contributed by atoms with Crippen LogP contribution in [-0.2, 0) is 9.59 Å². The molecule has 2 aromatic rings. The van der Waals surface area contributed by atoms with E-state index < -0.39 is 12.1 Å². The van der Waals surface area contributed by atoms with Gasteiger partial charge in [-0.3, -0.25) is 19.7 Å². The molecule has 3 N–H and O–H groups in total. The van der Waals surface area contributed by atoms with E-state index in [0.717, 1.165) is 57.2 Å². The summed E-state index contributed by atoms with van der Waals surface area (Å²) in [7, 11) is 0. The number of carboxylic acid groups (broad SMARTS) is 1. The molecule has 2 fully saturated rings. The van der Waals surface area contributed by atoms with Gasteiger partial charge >= 0.3 is 12.1 Å². The summed E-state index contributed by atoms with van der Waals surface area (Å²) in [6.45, 7) is 0.973. The number of aliphatic carboxylic acids is 1. The fourth-order valence-electron chi connectivity index (χ4n) is 5.34. The third-order valence-electron chi connectivity index (χ3n) is 7.19. The molecule has 38 heavy (non-hydrogen) atoms. The number of nitrogens with zero attached hydrogens (tertiary/aromatic N) is 1. The largest absolute Gasteiger partial charge is 0.490 e.